The Balaban J connectivity index is 3.21. The van der Waals surface area contributed by atoms with Gasteiger partial charge in [0, 0.05) is 17.5 Å². The molecule has 1 heteroatoms. The van der Waals surface area contributed by atoms with Gasteiger partial charge in [0.25, 0.3) is 0 Å². The van der Waals surface area contributed by atoms with Crippen molar-refractivity contribution in [2.75, 3.05) is 0 Å². The zero-order valence-electron chi connectivity index (χ0n) is 8.59. The number of H-pyrrole nitrogens is 1. The van der Waals surface area contributed by atoms with Gasteiger partial charge in [-0.05, 0) is 24.5 Å². The summed E-state index contributed by atoms with van der Waals surface area (Å²) in [6.45, 7) is 10.2. The van der Waals surface area contributed by atoms with Gasteiger partial charge < -0.3 is 4.98 Å². The molecule has 0 radical (unpaired) electrons. The number of aromatic nitrogens is 1. The van der Waals surface area contributed by atoms with Crippen LogP contribution in [0.5, 0.6) is 0 Å². The van der Waals surface area contributed by atoms with Gasteiger partial charge in [0.05, 0.1) is 0 Å². The zero-order valence-corrected chi connectivity index (χ0v) is 8.59. The monoisotopic (exact) mass is 175 g/mol. The van der Waals surface area contributed by atoms with Gasteiger partial charge >= 0.3 is 0 Å². The summed E-state index contributed by atoms with van der Waals surface area (Å²) < 4.78 is 0. The number of hydrogen-bond acceptors (Lipinski definition) is 0. The van der Waals surface area contributed by atoms with Crippen molar-refractivity contribution in [3.05, 3.63) is 35.7 Å². The third kappa shape index (κ3) is 1.92. The number of nitrogens with one attached hydrogen (secondary N) is 1. The minimum absolute atomic E-state index is 0.552. The first kappa shape index (κ1) is 9.85. The molecule has 0 bridgehead atoms. The van der Waals surface area contributed by atoms with E-state index >= 15 is 0 Å². The van der Waals surface area contributed by atoms with Crippen LogP contribution >= 0.6 is 0 Å². The van der Waals surface area contributed by atoms with Crippen molar-refractivity contribution in [2.45, 2.75) is 26.7 Å². The molecule has 0 aliphatic heterocycles. The average Bonchev–Trinajstić information content (AvgIpc) is 2.48. The Bertz CT molecular complexity index is 316. The highest BCUT2D eigenvalue weighted by Gasteiger charge is 2.08. The molecule has 0 atom stereocenters. The molecule has 0 fully saturated rings. The number of rotatable bonds is 3. The molecule has 1 aromatic heterocycles. The zero-order chi connectivity index (χ0) is 9.84. The molecule has 0 unspecified atom stereocenters. The predicted molar refractivity (Wildman–Crippen MR) is 59.7 cm³/mol. The van der Waals surface area contributed by atoms with Gasteiger partial charge in [-0.25, -0.2) is 0 Å². The summed E-state index contributed by atoms with van der Waals surface area (Å²) in [6, 6.07) is 0. The first-order valence-corrected chi connectivity index (χ1v) is 4.67. The Morgan fingerprint density at radius 2 is 2.15 bits per heavy atom. The Labute approximate surface area is 80.2 Å². The van der Waals surface area contributed by atoms with E-state index in [0.29, 0.717) is 5.92 Å². The highest BCUT2D eigenvalue weighted by molar-refractivity contribution is 5.65. The van der Waals surface area contributed by atoms with E-state index in [1.807, 2.05) is 13.0 Å². The fraction of sp³-hybridized carbons (Fsp3) is 0.333. The summed E-state index contributed by atoms with van der Waals surface area (Å²) in [5.41, 5.74) is 3.74. The summed E-state index contributed by atoms with van der Waals surface area (Å²) in [7, 11) is 0. The van der Waals surface area contributed by atoms with Crippen LogP contribution in [0.15, 0.2) is 18.9 Å². The highest BCUT2D eigenvalue weighted by atomic mass is 14.7. The van der Waals surface area contributed by atoms with Crippen molar-refractivity contribution in [1.29, 1.82) is 0 Å². The van der Waals surface area contributed by atoms with Crippen molar-refractivity contribution in [3.63, 3.8) is 0 Å². The minimum atomic E-state index is 0.552. The second kappa shape index (κ2) is 4.13. The first-order valence-electron chi connectivity index (χ1n) is 4.67. The summed E-state index contributed by atoms with van der Waals surface area (Å²) >= 11 is 0. The molecule has 1 heterocycles. The SMILES string of the molecule is C=Cc1[nH]cc(C(C)C)c1/C=C\C. The molecule has 0 saturated heterocycles. The topological polar surface area (TPSA) is 15.8 Å². The lowest BCUT2D eigenvalue weighted by molar-refractivity contribution is 0.866. The molecule has 0 aliphatic carbocycles. The lowest BCUT2D eigenvalue weighted by Crippen LogP contribution is -1.87. The molecule has 1 rings (SSSR count). The Hall–Kier alpha value is -1.24. The van der Waals surface area contributed by atoms with Gasteiger partial charge in [-0.15, -0.1) is 0 Å². The van der Waals surface area contributed by atoms with E-state index in [0.717, 1.165) is 5.69 Å². The van der Waals surface area contributed by atoms with E-state index in [1.165, 1.54) is 11.1 Å². The maximum atomic E-state index is 3.78. The van der Waals surface area contributed by atoms with Gasteiger partial charge in [0.2, 0.25) is 0 Å². The standard InChI is InChI=1S/C12H17N/c1-5-7-10-11(9(3)4)8-13-12(10)6-2/h5-9,13H,2H2,1,3-4H3/b7-5-. The van der Waals surface area contributed by atoms with Crippen LogP contribution in [0.25, 0.3) is 12.2 Å². The highest BCUT2D eigenvalue weighted by Crippen LogP contribution is 2.24. The average molecular weight is 175 g/mol. The minimum Gasteiger partial charge on any atom is -0.361 e. The molecule has 1 nitrogen and oxygen atoms in total. The van der Waals surface area contributed by atoms with Crippen LogP contribution < -0.4 is 0 Å². The van der Waals surface area contributed by atoms with Crippen LogP contribution in [0.4, 0.5) is 0 Å². The Morgan fingerprint density at radius 3 is 2.62 bits per heavy atom. The Morgan fingerprint density at radius 1 is 1.46 bits per heavy atom. The summed E-state index contributed by atoms with van der Waals surface area (Å²) in [4.78, 5) is 3.22. The fourth-order valence-electron chi connectivity index (χ4n) is 1.47. The van der Waals surface area contributed by atoms with Crippen molar-refractivity contribution >= 4 is 12.2 Å². The third-order valence-electron chi connectivity index (χ3n) is 2.14. The van der Waals surface area contributed by atoms with Crippen molar-refractivity contribution < 1.29 is 0 Å². The fourth-order valence-corrected chi connectivity index (χ4v) is 1.47. The molecule has 0 aliphatic rings. The van der Waals surface area contributed by atoms with E-state index in [-0.39, 0.29) is 0 Å². The quantitative estimate of drug-likeness (QED) is 0.719. The van der Waals surface area contributed by atoms with Gasteiger partial charge in [-0.1, -0.05) is 32.6 Å². The number of aromatic amines is 1. The maximum absolute atomic E-state index is 3.78. The molecule has 0 spiro atoms. The van der Waals surface area contributed by atoms with Crippen LogP contribution in [-0.2, 0) is 0 Å². The number of allylic oxidation sites excluding steroid dienone is 1. The smallest absolute Gasteiger partial charge is 0.0450 e. The lowest BCUT2D eigenvalue weighted by atomic mass is 10.0. The van der Waals surface area contributed by atoms with Crippen LogP contribution in [0.2, 0.25) is 0 Å². The molecule has 13 heavy (non-hydrogen) atoms. The van der Waals surface area contributed by atoms with Gasteiger partial charge in [-0.3, -0.25) is 0 Å². The van der Waals surface area contributed by atoms with Gasteiger partial charge in [0.1, 0.15) is 0 Å². The van der Waals surface area contributed by atoms with Crippen LogP contribution in [-0.4, -0.2) is 4.98 Å². The predicted octanol–water partition coefficient (Wildman–Crippen LogP) is 3.81. The van der Waals surface area contributed by atoms with Crippen molar-refractivity contribution in [2.24, 2.45) is 0 Å². The van der Waals surface area contributed by atoms with E-state index in [9.17, 15) is 0 Å². The molecular weight excluding hydrogens is 158 g/mol. The van der Waals surface area contributed by atoms with E-state index in [1.54, 1.807) is 0 Å². The van der Waals surface area contributed by atoms with E-state index in [4.69, 9.17) is 0 Å². The molecule has 0 aromatic carbocycles. The maximum Gasteiger partial charge on any atom is 0.0450 e. The molecule has 1 aromatic rings. The summed E-state index contributed by atoms with van der Waals surface area (Å²) in [5.74, 6) is 0.552. The lowest BCUT2D eigenvalue weighted by Gasteiger charge is -2.03. The summed E-state index contributed by atoms with van der Waals surface area (Å²) in [5, 5.41) is 0. The molecule has 0 amide bonds. The van der Waals surface area contributed by atoms with Crippen molar-refractivity contribution in [3.8, 4) is 0 Å². The summed E-state index contributed by atoms with van der Waals surface area (Å²) in [6.07, 6.45) is 8.11. The number of hydrogen-bond donors (Lipinski definition) is 1. The van der Waals surface area contributed by atoms with Crippen molar-refractivity contribution in [1.82, 2.24) is 4.98 Å². The molecule has 70 valence electrons. The Kier molecular flexibility index (Phi) is 3.13. The molecule has 1 N–H and O–H groups in total. The largest absolute Gasteiger partial charge is 0.361 e. The molecular formula is C12H17N. The van der Waals surface area contributed by atoms with Gasteiger partial charge in [-0.2, -0.15) is 0 Å². The second-order valence-electron chi connectivity index (χ2n) is 3.43. The van der Waals surface area contributed by atoms with Crippen LogP contribution in [0.1, 0.15) is 43.5 Å². The van der Waals surface area contributed by atoms with Crippen LogP contribution in [0, 0.1) is 0 Å². The van der Waals surface area contributed by atoms with Gasteiger partial charge in [0.15, 0.2) is 0 Å². The molecule has 0 saturated carbocycles. The van der Waals surface area contributed by atoms with E-state index < -0.39 is 0 Å². The van der Waals surface area contributed by atoms with Crippen LogP contribution in [0.3, 0.4) is 0 Å². The first-order chi connectivity index (χ1) is 6.20. The van der Waals surface area contributed by atoms with E-state index in [2.05, 4.69) is 43.8 Å². The normalized spacial score (nSPS) is 11.4. The second-order valence-corrected chi connectivity index (χ2v) is 3.43. The third-order valence-corrected chi connectivity index (χ3v) is 2.14.